The lowest BCUT2D eigenvalue weighted by Crippen LogP contribution is -2.25. The van der Waals surface area contributed by atoms with Crippen LogP contribution in [0.4, 0.5) is 4.39 Å². The second kappa shape index (κ2) is 11.0. The Morgan fingerprint density at radius 1 is 1.04 bits per heavy atom. The van der Waals surface area contributed by atoms with Gasteiger partial charge in [-0.05, 0) is 48.4 Å². The van der Waals surface area contributed by atoms with Crippen molar-refractivity contribution in [2.75, 3.05) is 6.54 Å². The zero-order chi connectivity index (χ0) is 19.0. The Kier molecular flexibility index (Phi) is 9.37. The predicted octanol–water partition coefficient (Wildman–Crippen LogP) is 2.08. The molecular formula is C18H23ClFN3O3S. The summed E-state index contributed by atoms with van der Waals surface area (Å²) in [6.45, 7) is 0.662. The van der Waals surface area contributed by atoms with Crippen LogP contribution in [0.25, 0.3) is 0 Å². The molecule has 0 aliphatic heterocycles. The van der Waals surface area contributed by atoms with E-state index in [1.165, 1.54) is 30.3 Å². The molecular weight excluding hydrogens is 393 g/mol. The molecule has 2 aromatic carbocycles. The van der Waals surface area contributed by atoms with Gasteiger partial charge in [0.15, 0.2) is 0 Å². The van der Waals surface area contributed by atoms with E-state index in [1.54, 1.807) is 18.2 Å². The van der Waals surface area contributed by atoms with E-state index in [2.05, 4.69) is 10.0 Å². The summed E-state index contributed by atoms with van der Waals surface area (Å²) in [6, 6.07) is 12.0. The van der Waals surface area contributed by atoms with E-state index in [9.17, 15) is 17.6 Å². The standard InChI is InChI=1S/C18H22FN3O3S.ClH/c19-16-6-1-4-14(10-16)13-22-26(24,25)17-7-2-5-15(11-17)12-21-18(23)8-3-9-20;/h1-2,4-7,10-11,22H,3,8-9,12-13,20H2,(H,21,23);1H. The molecule has 0 fully saturated rings. The average Bonchev–Trinajstić information content (AvgIpc) is 2.63. The van der Waals surface area contributed by atoms with Crippen molar-refractivity contribution < 1.29 is 17.6 Å². The Labute approximate surface area is 164 Å². The maximum atomic E-state index is 13.2. The highest BCUT2D eigenvalue weighted by molar-refractivity contribution is 7.89. The molecule has 148 valence electrons. The van der Waals surface area contributed by atoms with Gasteiger partial charge in [-0.3, -0.25) is 4.79 Å². The Morgan fingerprint density at radius 2 is 1.70 bits per heavy atom. The summed E-state index contributed by atoms with van der Waals surface area (Å²) in [5.41, 5.74) is 6.55. The Balaban J connectivity index is 0.00000364. The van der Waals surface area contributed by atoms with Gasteiger partial charge in [-0.1, -0.05) is 24.3 Å². The van der Waals surface area contributed by atoms with Gasteiger partial charge in [-0.15, -0.1) is 12.4 Å². The van der Waals surface area contributed by atoms with Crippen LogP contribution >= 0.6 is 12.4 Å². The first-order valence-corrected chi connectivity index (χ1v) is 9.69. The van der Waals surface area contributed by atoms with Crippen molar-refractivity contribution in [3.05, 3.63) is 65.5 Å². The Hall–Kier alpha value is -2.00. The van der Waals surface area contributed by atoms with Gasteiger partial charge in [0.25, 0.3) is 0 Å². The highest BCUT2D eigenvalue weighted by Crippen LogP contribution is 2.13. The number of amides is 1. The monoisotopic (exact) mass is 415 g/mol. The molecule has 0 heterocycles. The number of carbonyl (C=O) groups excluding carboxylic acids is 1. The molecule has 27 heavy (non-hydrogen) atoms. The maximum Gasteiger partial charge on any atom is 0.240 e. The number of carbonyl (C=O) groups is 1. The minimum absolute atomic E-state index is 0. The third kappa shape index (κ3) is 7.64. The molecule has 2 aromatic rings. The van der Waals surface area contributed by atoms with E-state index in [0.717, 1.165) is 0 Å². The third-order valence-corrected chi connectivity index (χ3v) is 5.06. The Bertz CT molecular complexity index is 862. The van der Waals surface area contributed by atoms with E-state index >= 15 is 0 Å². The lowest BCUT2D eigenvalue weighted by molar-refractivity contribution is -0.121. The summed E-state index contributed by atoms with van der Waals surface area (Å²) < 4.78 is 40.4. The summed E-state index contributed by atoms with van der Waals surface area (Å²) in [7, 11) is -3.75. The predicted molar refractivity (Wildman–Crippen MR) is 104 cm³/mol. The van der Waals surface area contributed by atoms with Crippen LogP contribution in [0.3, 0.4) is 0 Å². The second-order valence-corrected chi connectivity index (χ2v) is 7.54. The van der Waals surface area contributed by atoms with Gasteiger partial charge in [0.2, 0.25) is 15.9 Å². The third-order valence-electron chi connectivity index (χ3n) is 3.66. The largest absolute Gasteiger partial charge is 0.352 e. The number of rotatable bonds is 9. The average molecular weight is 416 g/mol. The molecule has 0 saturated carbocycles. The SMILES string of the molecule is Cl.NCCCC(=O)NCc1cccc(S(=O)(=O)NCc2cccc(F)c2)c1. The number of nitrogens with two attached hydrogens (primary N) is 1. The number of benzene rings is 2. The van der Waals surface area contributed by atoms with E-state index in [0.29, 0.717) is 30.5 Å². The van der Waals surface area contributed by atoms with Crippen LogP contribution in [0, 0.1) is 5.82 Å². The highest BCUT2D eigenvalue weighted by Gasteiger charge is 2.14. The normalized spacial score (nSPS) is 10.9. The van der Waals surface area contributed by atoms with Crippen LogP contribution in [-0.4, -0.2) is 20.9 Å². The number of halogens is 2. The van der Waals surface area contributed by atoms with Gasteiger partial charge < -0.3 is 11.1 Å². The molecule has 6 nitrogen and oxygen atoms in total. The number of hydrogen-bond acceptors (Lipinski definition) is 4. The van der Waals surface area contributed by atoms with Gasteiger partial charge in [0.05, 0.1) is 4.90 Å². The van der Waals surface area contributed by atoms with Crippen molar-refractivity contribution in [1.82, 2.24) is 10.0 Å². The molecule has 0 aromatic heterocycles. The van der Waals surface area contributed by atoms with Gasteiger partial charge in [0.1, 0.15) is 5.82 Å². The summed E-state index contributed by atoms with van der Waals surface area (Å²) in [6.07, 6.45) is 0.938. The minimum Gasteiger partial charge on any atom is -0.352 e. The minimum atomic E-state index is -3.75. The maximum absolute atomic E-state index is 13.2. The van der Waals surface area contributed by atoms with Crippen LogP contribution in [0.5, 0.6) is 0 Å². The fourth-order valence-electron chi connectivity index (χ4n) is 2.28. The van der Waals surface area contributed by atoms with Crippen molar-refractivity contribution in [1.29, 1.82) is 0 Å². The summed E-state index contributed by atoms with van der Waals surface area (Å²) in [5.74, 6) is -0.554. The van der Waals surface area contributed by atoms with Crippen LogP contribution < -0.4 is 15.8 Å². The molecule has 0 aliphatic rings. The topological polar surface area (TPSA) is 101 Å². The molecule has 9 heteroatoms. The van der Waals surface area contributed by atoms with Crippen LogP contribution in [0.1, 0.15) is 24.0 Å². The number of hydrogen-bond donors (Lipinski definition) is 3. The first kappa shape index (κ1) is 23.0. The first-order chi connectivity index (χ1) is 12.4. The molecule has 2 rings (SSSR count). The summed E-state index contributed by atoms with van der Waals surface area (Å²) >= 11 is 0. The molecule has 0 saturated heterocycles. The van der Waals surface area contributed by atoms with Gasteiger partial charge >= 0.3 is 0 Å². The number of sulfonamides is 1. The molecule has 0 radical (unpaired) electrons. The fraction of sp³-hybridized carbons (Fsp3) is 0.278. The zero-order valence-electron chi connectivity index (χ0n) is 14.7. The summed E-state index contributed by atoms with van der Waals surface area (Å²) in [5, 5.41) is 2.73. The number of nitrogens with one attached hydrogen (secondary N) is 2. The summed E-state index contributed by atoms with van der Waals surface area (Å²) in [4.78, 5) is 11.7. The van der Waals surface area contributed by atoms with Crippen molar-refractivity contribution in [3.63, 3.8) is 0 Å². The van der Waals surface area contributed by atoms with Crippen molar-refractivity contribution in [2.24, 2.45) is 5.73 Å². The quantitative estimate of drug-likeness (QED) is 0.583. The molecule has 0 bridgehead atoms. The van der Waals surface area contributed by atoms with Gasteiger partial charge in [-0.2, -0.15) is 0 Å². The second-order valence-electron chi connectivity index (χ2n) is 5.77. The van der Waals surface area contributed by atoms with Crippen LogP contribution in [0.15, 0.2) is 53.4 Å². The molecule has 4 N–H and O–H groups in total. The van der Waals surface area contributed by atoms with Gasteiger partial charge in [0, 0.05) is 19.5 Å². The molecule has 0 atom stereocenters. The first-order valence-electron chi connectivity index (χ1n) is 8.20. The van der Waals surface area contributed by atoms with Gasteiger partial charge in [-0.25, -0.2) is 17.5 Å². The fourth-order valence-corrected chi connectivity index (χ4v) is 3.37. The smallest absolute Gasteiger partial charge is 0.240 e. The van der Waals surface area contributed by atoms with Crippen LogP contribution in [-0.2, 0) is 27.9 Å². The zero-order valence-corrected chi connectivity index (χ0v) is 16.3. The Morgan fingerprint density at radius 3 is 2.37 bits per heavy atom. The van der Waals surface area contributed by atoms with Crippen molar-refractivity contribution in [2.45, 2.75) is 30.8 Å². The molecule has 0 spiro atoms. The lowest BCUT2D eigenvalue weighted by Gasteiger charge is -2.09. The van der Waals surface area contributed by atoms with E-state index < -0.39 is 15.8 Å². The van der Waals surface area contributed by atoms with Crippen LogP contribution in [0.2, 0.25) is 0 Å². The van der Waals surface area contributed by atoms with E-state index in [1.807, 2.05) is 0 Å². The van der Waals surface area contributed by atoms with Crippen molar-refractivity contribution in [3.8, 4) is 0 Å². The lowest BCUT2D eigenvalue weighted by atomic mass is 10.2. The van der Waals surface area contributed by atoms with Crippen molar-refractivity contribution >= 4 is 28.3 Å². The highest BCUT2D eigenvalue weighted by atomic mass is 35.5. The molecule has 0 aliphatic carbocycles. The van der Waals surface area contributed by atoms with E-state index in [4.69, 9.17) is 5.73 Å². The molecule has 1 amide bonds. The van der Waals surface area contributed by atoms with E-state index in [-0.39, 0.29) is 36.3 Å². The molecule has 0 unspecified atom stereocenters.